The molecule has 4 heteroatoms. The Morgan fingerprint density at radius 3 is 2.47 bits per heavy atom. The van der Waals surface area contributed by atoms with Gasteiger partial charge in [-0.3, -0.25) is 0 Å². The largest absolute Gasteiger partial charge is 0.394 e. The summed E-state index contributed by atoms with van der Waals surface area (Å²) < 4.78 is 10.5. The zero-order chi connectivity index (χ0) is 11.5. The van der Waals surface area contributed by atoms with Crippen molar-refractivity contribution in [3.63, 3.8) is 0 Å². The molecule has 0 aliphatic carbocycles. The molecule has 4 nitrogen and oxygen atoms in total. The van der Waals surface area contributed by atoms with Gasteiger partial charge in [-0.2, -0.15) is 0 Å². The monoisotopic (exact) mass is 220 g/mol. The van der Waals surface area contributed by atoms with Crippen LogP contribution in [0.15, 0.2) is 0 Å². The van der Waals surface area contributed by atoms with Gasteiger partial charge in [-0.15, -0.1) is 0 Å². The summed E-state index contributed by atoms with van der Waals surface area (Å²) in [4.78, 5) is 0. The highest BCUT2D eigenvalue weighted by molar-refractivity contribution is 4.67. The van der Waals surface area contributed by atoms with E-state index in [4.69, 9.17) is 14.6 Å². The number of hydrogen-bond acceptors (Lipinski definition) is 4. The lowest BCUT2D eigenvalue weighted by atomic mass is 10.1. The molecule has 0 aromatic carbocycles. The van der Waals surface area contributed by atoms with Crippen LogP contribution >= 0.6 is 0 Å². The smallest absolute Gasteiger partial charge is 0.106 e. The molecule has 2 N–H and O–H groups in total. The average molecular weight is 220 g/mol. The van der Waals surface area contributed by atoms with Gasteiger partial charge in [0.2, 0.25) is 0 Å². The molecule has 0 heterocycles. The second-order valence-electron chi connectivity index (χ2n) is 3.50. The maximum Gasteiger partial charge on any atom is 0.106 e. The highest BCUT2D eigenvalue weighted by Crippen LogP contribution is 2.05. The Balaban J connectivity index is 3.62. The minimum absolute atomic E-state index is 0.142. The molecule has 0 amide bonds. The molecule has 0 radical (unpaired) electrons. The zero-order valence-electron chi connectivity index (χ0n) is 9.82. The van der Waals surface area contributed by atoms with Gasteiger partial charge in [0.05, 0.1) is 12.7 Å². The van der Waals surface area contributed by atoms with Gasteiger partial charge in [-0.1, -0.05) is 13.3 Å². The fourth-order valence-electron chi connectivity index (χ4n) is 1.20. The summed E-state index contributed by atoms with van der Waals surface area (Å²) in [5.41, 5.74) is 0. The summed E-state index contributed by atoms with van der Waals surface area (Å²) in [6.07, 6.45) is 1.39. The Morgan fingerprint density at radius 1 is 1.20 bits per heavy atom. The van der Waals surface area contributed by atoms with Crippen molar-refractivity contribution in [2.45, 2.75) is 45.3 Å². The molecule has 0 bridgehead atoms. The van der Waals surface area contributed by atoms with Crippen LogP contribution in [0.3, 0.4) is 0 Å². The van der Waals surface area contributed by atoms with Crippen molar-refractivity contribution in [1.29, 1.82) is 0 Å². The molecule has 2 atom stereocenters. The first-order valence-corrected chi connectivity index (χ1v) is 5.74. The van der Waals surface area contributed by atoms with Crippen molar-refractivity contribution in [3.8, 4) is 0 Å². The van der Waals surface area contributed by atoms with E-state index in [0.717, 1.165) is 12.8 Å². The van der Waals surface area contributed by atoms with E-state index in [0.29, 0.717) is 26.2 Å². The van der Waals surface area contributed by atoms with Crippen molar-refractivity contribution >= 4 is 0 Å². The molecular weight excluding hydrogens is 196 g/mol. The van der Waals surface area contributed by atoms with E-state index in [1.54, 1.807) is 0 Å². The van der Waals surface area contributed by atoms with Crippen LogP contribution in [0.4, 0.5) is 0 Å². The lowest BCUT2D eigenvalue weighted by Gasteiger charge is -2.21. The Hall–Kier alpha value is -0.160. The standard InChI is InChI=1S/C11H24O4/c1-3-5-7-15-11(9-12)10(13)6-8-14-4-2/h10-13H,3-9H2,1-2H3. The van der Waals surface area contributed by atoms with Gasteiger partial charge in [0, 0.05) is 19.8 Å². The van der Waals surface area contributed by atoms with Crippen molar-refractivity contribution in [2.24, 2.45) is 0 Å². The topological polar surface area (TPSA) is 58.9 Å². The third kappa shape index (κ3) is 7.73. The number of ether oxygens (including phenoxy) is 2. The molecule has 2 unspecified atom stereocenters. The van der Waals surface area contributed by atoms with Crippen LogP contribution < -0.4 is 0 Å². The Morgan fingerprint density at radius 2 is 1.93 bits per heavy atom. The molecule has 0 saturated carbocycles. The van der Waals surface area contributed by atoms with E-state index >= 15 is 0 Å². The fraction of sp³-hybridized carbons (Fsp3) is 1.00. The lowest BCUT2D eigenvalue weighted by molar-refractivity contribution is -0.0727. The fourth-order valence-corrected chi connectivity index (χ4v) is 1.20. The third-order valence-electron chi connectivity index (χ3n) is 2.20. The molecule has 0 aromatic heterocycles. The first kappa shape index (κ1) is 14.8. The second kappa shape index (κ2) is 10.4. The van der Waals surface area contributed by atoms with E-state index in [1.807, 2.05) is 6.92 Å². The van der Waals surface area contributed by atoms with Crippen molar-refractivity contribution in [2.75, 3.05) is 26.4 Å². The molecule has 0 spiro atoms. The molecule has 0 saturated heterocycles. The van der Waals surface area contributed by atoms with Crippen molar-refractivity contribution in [3.05, 3.63) is 0 Å². The van der Waals surface area contributed by atoms with E-state index in [9.17, 15) is 5.11 Å². The molecule has 15 heavy (non-hydrogen) atoms. The summed E-state index contributed by atoms with van der Waals surface area (Å²) >= 11 is 0. The maximum atomic E-state index is 9.67. The quantitative estimate of drug-likeness (QED) is 0.538. The van der Waals surface area contributed by atoms with E-state index in [1.165, 1.54) is 0 Å². The van der Waals surface area contributed by atoms with Crippen LogP contribution in [0.1, 0.15) is 33.1 Å². The van der Waals surface area contributed by atoms with Gasteiger partial charge in [0.1, 0.15) is 6.10 Å². The van der Waals surface area contributed by atoms with E-state index < -0.39 is 12.2 Å². The molecule has 0 aliphatic heterocycles. The van der Waals surface area contributed by atoms with Crippen molar-refractivity contribution < 1.29 is 19.7 Å². The van der Waals surface area contributed by atoms with E-state index in [-0.39, 0.29) is 6.61 Å². The van der Waals surface area contributed by atoms with Gasteiger partial charge in [0.25, 0.3) is 0 Å². The van der Waals surface area contributed by atoms with Gasteiger partial charge < -0.3 is 19.7 Å². The molecule has 0 aliphatic rings. The number of aliphatic hydroxyl groups is 2. The molecule has 92 valence electrons. The van der Waals surface area contributed by atoms with Crippen LogP contribution in [-0.4, -0.2) is 48.8 Å². The predicted octanol–water partition coefficient (Wildman–Crippen LogP) is 0.952. The Kier molecular flexibility index (Phi) is 10.3. The van der Waals surface area contributed by atoms with Crippen LogP contribution in [0.25, 0.3) is 0 Å². The predicted molar refractivity (Wildman–Crippen MR) is 58.9 cm³/mol. The minimum atomic E-state index is -0.640. The first-order chi connectivity index (χ1) is 7.26. The van der Waals surface area contributed by atoms with Gasteiger partial charge in [0.15, 0.2) is 0 Å². The van der Waals surface area contributed by atoms with Crippen LogP contribution in [-0.2, 0) is 9.47 Å². The maximum absolute atomic E-state index is 9.67. The van der Waals surface area contributed by atoms with Crippen LogP contribution in [0.5, 0.6) is 0 Å². The zero-order valence-corrected chi connectivity index (χ0v) is 9.82. The number of hydrogen-bond donors (Lipinski definition) is 2. The van der Waals surface area contributed by atoms with Gasteiger partial charge in [-0.05, 0) is 19.8 Å². The Bertz CT molecular complexity index is 130. The summed E-state index contributed by atoms with van der Waals surface area (Å²) in [5, 5.41) is 18.7. The van der Waals surface area contributed by atoms with Gasteiger partial charge >= 0.3 is 0 Å². The number of unbranched alkanes of at least 4 members (excludes halogenated alkanes) is 1. The van der Waals surface area contributed by atoms with Crippen molar-refractivity contribution in [1.82, 2.24) is 0 Å². The SMILES string of the molecule is CCCCOC(CO)C(O)CCOCC. The Labute approximate surface area is 92.2 Å². The number of rotatable bonds is 10. The van der Waals surface area contributed by atoms with Crippen LogP contribution in [0.2, 0.25) is 0 Å². The molecule has 0 aromatic rings. The minimum Gasteiger partial charge on any atom is -0.394 e. The average Bonchev–Trinajstić information content (AvgIpc) is 2.24. The summed E-state index contributed by atoms with van der Waals surface area (Å²) in [7, 11) is 0. The summed E-state index contributed by atoms with van der Waals surface area (Å²) in [6.45, 7) is 5.58. The summed E-state index contributed by atoms with van der Waals surface area (Å²) in [5.74, 6) is 0. The molecular formula is C11H24O4. The van der Waals surface area contributed by atoms with Gasteiger partial charge in [-0.25, -0.2) is 0 Å². The van der Waals surface area contributed by atoms with Crippen LogP contribution in [0, 0.1) is 0 Å². The number of aliphatic hydroxyl groups excluding tert-OH is 2. The third-order valence-corrected chi connectivity index (χ3v) is 2.20. The highest BCUT2D eigenvalue weighted by atomic mass is 16.5. The second-order valence-corrected chi connectivity index (χ2v) is 3.50. The van der Waals surface area contributed by atoms with E-state index in [2.05, 4.69) is 6.92 Å². The summed E-state index contributed by atoms with van der Waals surface area (Å²) in [6, 6.07) is 0. The molecule has 0 fully saturated rings. The highest BCUT2D eigenvalue weighted by Gasteiger charge is 2.18. The lowest BCUT2D eigenvalue weighted by Crippen LogP contribution is -2.33. The first-order valence-electron chi connectivity index (χ1n) is 5.74. The normalized spacial score (nSPS) is 15.2. The molecule has 0 rings (SSSR count).